The number of anilines is 1. The molecule has 2 aromatic rings. The number of benzene rings is 2. The Hall–Kier alpha value is -2.09. The minimum atomic E-state index is -0.0403. The highest BCUT2D eigenvalue weighted by atomic mass is 16.1. The van der Waals surface area contributed by atoms with Crippen molar-refractivity contribution in [2.24, 2.45) is 0 Å². The zero-order chi connectivity index (χ0) is 14.7. The number of hydrogen-bond acceptors (Lipinski definition) is 1. The monoisotopic (exact) mass is 267 g/mol. The van der Waals surface area contributed by atoms with Crippen LogP contribution in [0.1, 0.15) is 46.8 Å². The van der Waals surface area contributed by atoms with Crippen LogP contribution in [0, 0.1) is 13.8 Å². The summed E-state index contributed by atoms with van der Waals surface area (Å²) < 4.78 is 0. The van der Waals surface area contributed by atoms with Gasteiger partial charge < -0.3 is 5.32 Å². The summed E-state index contributed by atoms with van der Waals surface area (Å²) in [5.74, 6) is 0.411. The highest BCUT2D eigenvalue weighted by molar-refractivity contribution is 6.06. The van der Waals surface area contributed by atoms with Crippen LogP contribution >= 0.6 is 0 Å². The molecule has 1 N–H and O–H groups in total. The Kier molecular flexibility index (Phi) is 4.23. The van der Waals surface area contributed by atoms with E-state index in [1.807, 2.05) is 50.2 Å². The van der Waals surface area contributed by atoms with Crippen molar-refractivity contribution in [2.75, 3.05) is 5.32 Å². The van der Waals surface area contributed by atoms with Crippen LogP contribution in [0.2, 0.25) is 0 Å². The predicted molar refractivity (Wildman–Crippen MR) is 84.4 cm³/mol. The van der Waals surface area contributed by atoms with Gasteiger partial charge in [-0.2, -0.15) is 0 Å². The second kappa shape index (κ2) is 5.91. The lowest BCUT2D eigenvalue weighted by molar-refractivity contribution is 0.102. The van der Waals surface area contributed by atoms with E-state index in [0.29, 0.717) is 5.92 Å². The van der Waals surface area contributed by atoms with E-state index in [4.69, 9.17) is 0 Å². The van der Waals surface area contributed by atoms with Crippen molar-refractivity contribution in [2.45, 2.75) is 33.6 Å². The minimum absolute atomic E-state index is 0.0403. The maximum atomic E-state index is 12.4. The third kappa shape index (κ3) is 3.08. The quantitative estimate of drug-likeness (QED) is 0.859. The van der Waals surface area contributed by atoms with Crippen molar-refractivity contribution in [1.82, 2.24) is 0 Å². The van der Waals surface area contributed by atoms with E-state index >= 15 is 0 Å². The van der Waals surface area contributed by atoms with Gasteiger partial charge in [0, 0.05) is 11.3 Å². The molecule has 104 valence electrons. The van der Waals surface area contributed by atoms with Crippen LogP contribution in [0.4, 0.5) is 5.69 Å². The fourth-order valence-electron chi connectivity index (χ4n) is 2.34. The van der Waals surface area contributed by atoms with Gasteiger partial charge in [0.05, 0.1) is 0 Å². The van der Waals surface area contributed by atoms with Crippen molar-refractivity contribution in [3.8, 4) is 0 Å². The molecule has 0 spiro atoms. The normalized spacial score (nSPS) is 10.7. The Morgan fingerprint density at radius 3 is 2.20 bits per heavy atom. The van der Waals surface area contributed by atoms with E-state index in [-0.39, 0.29) is 5.91 Å². The molecule has 0 aliphatic rings. The lowest BCUT2D eigenvalue weighted by Crippen LogP contribution is -2.15. The molecular formula is C18H21NO. The SMILES string of the molecule is Cc1cccc(C)c1C(=O)Nc1cccc(C(C)C)c1. The minimum Gasteiger partial charge on any atom is -0.322 e. The van der Waals surface area contributed by atoms with Crippen LogP contribution in [0.25, 0.3) is 0 Å². The lowest BCUT2D eigenvalue weighted by Gasteiger charge is -2.12. The molecule has 0 saturated heterocycles. The fraction of sp³-hybridized carbons (Fsp3) is 0.278. The predicted octanol–water partition coefficient (Wildman–Crippen LogP) is 4.68. The molecule has 2 nitrogen and oxygen atoms in total. The van der Waals surface area contributed by atoms with Crippen molar-refractivity contribution in [3.63, 3.8) is 0 Å². The van der Waals surface area contributed by atoms with Gasteiger partial charge in [-0.25, -0.2) is 0 Å². The average Bonchev–Trinajstić information content (AvgIpc) is 2.38. The average molecular weight is 267 g/mol. The molecule has 0 saturated carbocycles. The van der Waals surface area contributed by atoms with E-state index in [1.54, 1.807) is 0 Å². The number of carbonyl (C=O) groups is 1. The van der Waals surface area contributed by atoms with Crippen molar-refractivity contribution in [1.29, 1.82) is 0 Å². The zero-order valence-electron chi connectivity index (χ0n) is 12.5. The molecule has 0 bridgehead atoms. The van der Waals surface area contributed by atoms with Crippen molar-refractivity contribution < 1.29 is 4.79 Å². The third-order valence-corrected chi connectivity index (χ3v) is 3.52. The van der Waals surface area contributed by atoms with Crippen LogP contribution in [-0.4, -0.2) is 5.91 Å². The largest absolute Gasteiger partial charge is 0.322 e. The van der Waals surface area contributed by atoms with Crippen molar-refractivity contribution in [3.05, 3.63) is 64.7 Å². The Morgan fingerprint density at radius 2 is 1.60 bits per heavy atom. The topological polar surface area (TPSA) is 29.1 Å². The first-order chi connectivity index (χ1) is 9.49. The second-order valence-electron chi connectivity index (χ2n) is 5.50. The Bertz CT molecular complexity index is 609. The van der Waals surface area contributed by atoms with Crippen LogP contribution in [0.5, 0.6) is 0 Å². The summed E-state index contributed by atoms with van der Waals surface area (Å²) in [6, 6.07) is 13.9. The fourth-order valence-corrected chi connectivity index (χ4v) is 2.34. The highest BCUT2D eigenvalue weighted by Crippen LogP contribution is 2.20. The molecule has 0 atom stereocenters. The third-order valence-electron chi connectivity index (χ3n) is 3.52. The van der Waals surface area contributed by atoms with Crippen LogP contribution in [-0.2, 0) is 0 Å². The Balaban J connectivity index is 2.26. The molecule has 0 heterocycles. The van der Waals surface area contributed by atoms with Gasteiger partial charge in [-0.1, -0.05) is 44.2 Å². The van der Waals surface area contributed by atoms with Gasteiger partial charge in [0.25, 0.3) is 5.91 Å². The smallest absolute Gasteiger partial charge is 0.256 e. The van der Waals surface area contributed by atoms with E-state index in [0.717, 1.165) is 22.4 Å². The summed E-state index contributed by atoms with van der Waals surface area (Å²) in [4.78, 5) is 12.4. The van der Waals surface area contributed by atoms with E-state index in [9.17, 15) is 4.79 Å². The van der Waals surface area contributed by atoms with Crippen molar-refractivity contribution >= 4 is 11.6 Å². The standard InChI is InChI=1S/C18H21NO/c1-12(2)15-9-6-10-16(11-15)19-18(20)17-13(3)7-5-8-14(17)4/h5-12H,1-4H3,(H,19,20). The summed E-state index contributed by atoms with van der Waals surface area (Å²) in [7, 11) is 0. The van der Waals surface area contributed by atoms with Gasteiger partial charge in [0.1, 0.15) is 0 Å². The first kappa shape index (κ1) is 14.3. The summed E-state index contributed by atoms with van der Waals surface area (Å²) in [6.45, 7) is 8.22. The van der Waals surface area contributed by atoms with Gasteiger partial charge in [0.15, 0.2) is 0 Å². The molecule has 0 aliphatic heterocycles. The maximum Gasteiger partial charge on any atom is 0.256 e. The molecule has 0 aliphatic carbocycles. The molecular weight excluding hydrogens is 246 g/mol. The number of carbonyl (C=O) groups excluding carboxylic acids is 1. The molecule has 0 fully saturated rings. The lowest BCUT2D eigenvalue weighted by atomic mass is 10.0. The molecule has 0 unspecified atom stereocenters. The number of nitrogens with one attached hydrogen (secondary N) is 1. The van der Waals surface area contributed by atoms with E-state index < -0.39 is 0 Å². The van der Waals surface area contributed by atoms with Gasteiger partial charge in [-0.3, -0.25) is 4.79 Å². The summed E-state index contributed by atoms with van der Waals surface area (Å²) in [5, 5.41) is 3.00. The maximum absolute atomic E-state index is 12.4. The Morgan fingerprint density at radius 1 is 1.00 bits per heavy atom. The molecule has 2 heteroatoms. The summed E-state index contributed by atoms with van der Waals surface area (Å²) in [5.41, 5.74) is 4.85. The van der Waals surface area contributed by atoms with Gasteiger partial charge in [0.2, 0.25) is 0 Å². The molecule has 20 heavy (non-hydrogen) atoms. The first-order valence-electron chi connectivity index (χ1n) is 6.96. The number of aryl methyl sites for hydroxylation is 2. The van der Waals surface area contributed by atoms with Gasteiger partial charge in [-0.15, -0.1) is 0 Å². The summed E-state index contributed by atoms with van der Waals surface area (Å²) >= 11 is 0. The van der Waals surface area contributed by atoms with Crippen LogP contribution < -0.4 is 5.32 Å². The van der Waals surface area contributed by atoms with E-state index in [2.05, 4.69) is 25.2 Å². The second-order valence-corrected chi connectivity index (χ2v) is 5.50. The number of amides is 1. The van der Waals surface area contributed by atoms with Gasteiger partial charge >= 0.3 is 0 Å². The molecule has 2 rings (SSSR count). The zero-order valence-corrected chi connectivity index (χ0v) is 12.5. The Labute approximate surface area is 120 Å². The number of rotatable bonds is 3. The summed E-state index contributed by atoms with van der Waals surface area (Å²) in [6.07, 6.45) is 0. The van der Waals surface area contributed by atoms with E-state index in [1.165, 1.54) is 5.56 Å². The molecule has 0 radical (unpaired) electrons. The van der Waals surface area contributed by atoms with Crippen LogP contribution in [0.15, 0.2) is 42.5 Å². The first-order valence-corrected chi connectivity index (χ1v) is 6.96. The number of hydrogen-bond donors (Lipinski definition) is 1. The molecule has 0 aromatic heterocycles. The molecule has 2 aromatic carbocycles. The van der Waals surface area contributed by atoms with Crippen LogP contribution in [0.3, 0.4) is 0 Å². The molecule has 1 amide bonds. The highest BCUT2D eigenvalue weighted by Gasteiger charge is 2.12. The van der Waals surface area contributed by atoms with Gasteiger partial charge in [-0.05, 0) is 48.6 Å².